The summed E-state index contributed by atoms with van der Waals surface area (Å²) in [5.74, 6) is -1.41. The van der Waals surface area contributed by atoms with Gasteiger partial charge in [0.1, 0.15) is 11.4 Å². The van der Waals surface area contributed by atoms with Crippen LogP contribution in [0.2, 0.25) is 0 Å². The van der Waals surface area contributed by atoms with E-state index in [0.29, 0.717) is 0 Å². The fourth-order valence-corrected chi connectivity index (χ4v) is 2.31. The van der Waals surface area contributed by atoms with E-state index in [4.69, 9.17) is 9.47 Å². The molecule has 9 nitrogen and oxygen atoms in total. The molecule has 29 heavy (non-hydrogen) atoms. The summed E-state index contributed by atoms with van der Waals surface area (Å²) in [5.41, 5.74) is -1.15. The Morgan fingerprint density at radius 3 is 2.34 bits per heavy atom. The van der Waals surface area contributed by atoms with E-state index >= 15 is 0 Å². The predicted octanol–water partition coefficient (Wildman–Crippen LogP) is 4.34. The molecule has 0 saturated heterocycles. The van der Waals surface area contributed by atoms with Crippen molar-refractivity contribution in [2.24, 2.45) is 0 Å². The summed E-state index contributed by atoms with van der Waals surface area (Å²) in [6.45, 7) is 5.03. The highest BCUT2D eigenvalue weighted by molar-refractivity contribution is 6.07. The van der Waals surface area contributed by atoms with E-state index in [1.54, 1.807) is 20.8 Å². The van der Waals surface area contributed by atoms with E-state index in [1.165, 1.54) is 25.3 Å². The first-order valence-corrected chi connectivity index (χ1v) is 8.43. The van der Waals surface area contributed by atoms with Crippen molar-refractivity contribution >= 4 is 29.1 Å². The van der Waals surface area contributed by atoms with Crippen molar-refractivity contribution in [1.29, 1.82) is 0 Å². The summed E-state index contributed by atoms with van der Waals surface area (Å²) in [7, 11) is 1.27. The van der Waals surface area contributed by atoms with Crippen molar-refractivity contribution in [1.82, 2.24) is 0 Å². The van der Waals surface area contributed by atoms with Gasteiger partial charge in [0.05, 0.1) is 23.4 Å². The number of hydrogen-bond donors (Lipinski definition) is 2. The second-order valence-electron chi connectivity index (χ2n) is 6.91. The average molecular weight is 405 g/mol. The molecular weight excluding hydrogens is 385 g/mol. The summed E-state index contributed by atoms with van der Waals surface area (Å²) in [5, 5.41) is 16.0. The third-order valence-corrected chi connectivity index (χ3v) is 3.50. The monoisotopic (exact) mass is 405 g/mol. The third kappa shape index (κ3) is 5.89. The Morgan fingerprint density at radius 1 is 1.07 bits per heavy atom. The van der Waals surface area contributed by atoms with Gasteiger partial charge in [0.15, 0.2) is 5.75 Å². The van der Waals surface area contributed by atoms with E-state index in [2.05, 4.69) is 10.6 Å². The standard InChI is InChI=1S/C19H20FN3O6/c1-19(2,3)29-18(25)22-13-7-6-12(20)10-14(13)21-17(24)11-5-8-16(28-4)15(9-11)23(26)27/h5-10H,1-4H3,(H,21,24)(H,22,25). The highest BCUT2D eigenvalue weighted by Crippen LogP contribution is 2.29. The number of benzene rings is 2. The van der Waals surface area contributed by atoms with Gasteiger partial charge >= 0.3 is 11.8 Å². The second-order valence-corrected chi connectivity index (χ2v) is 6.91. The van der Waals surface area contributed by atoms with Gasteiger partial charge in [0.2, 0.25) is 0 Å². The maximum absolute atomic E-state index is 13.7. The zero-order chi connectivity index (χ0) is 21.8. The van der Waals surface area contributed by atoms with Crippen molar-refractivity contribution in [2.75, 3.05) is 17.7 Å². The number of halogens is 1. The number of nitro groups is 1. The van der Waals surface area contributed by atoms with E-state index in [-0.39, 0.29) is 22.7 Å². The van der Waals surface area contributed by atoms with Crippen LogP contribution in [-0.2, 0) is 4.74 Å². The van der Waals surface area contributed by atoms with Crippen molar-refractivity contribution in [3.63, 3.8) is 0 Å². The Kier molecular flexibility index (Phi) is 6.37. The maximum Gasteiger partial charge on any atom is 0.412 e. The highest BCUT2D eigenvalue weighted by Gasteiger charge is 2.21. The zero-order valence-electron chi connectivity index (χ0n) is 16.2. The van der Waals surface area contributed by atoms with Gasteiger partial charge in [0.25, 0.3) is 5.91 Å². The number of nitro benzene ring substituents is 1. The topological polar surface area (TPSA) is 120 Å². The summed E-state index contributed by atoms with van der Waals surface area (Å²) in [6, 6.07) is 6.99. The van der Waals surface area contributed by atoms with Crippen molar-refractivity contribution in [2.45, 2.75) is 26.4 Å². The van der Waals surface area contributed by atoms with Crippen LogP contribution in [0.3, 0.4) is 0 Å². The van der Waals surface area contributed by atoms with Gasteiger partial charge in [-0.05, 0) is 51.1 Å². The lowest BCUT2D eigenvalue weighted by molar-refractivity contribution is -0.385. The van der Waals surface area contributed by atoms with Crippen LogP contribution in [0.15, 0.2) is 36.4 Å². The molecule has 0 bridgehead atoms. The number of ether oxygens (including phenoxy) is 2. The number of amides is 2. The molecule has 2 rings (SSSR count). The zero-order valence-corrected chi connectivity index (χ0v) is 16.2. The number of rotatable bonds is 5. The van der Waals surface area contributed by atoms with E-state index < -0.39 is 34.0 Å². The van der Waals surface area contributed by atoms with Gasteiger partial charge in [-0.2, -0.15) is 0 Å². The number of anilines is 2. The molecule has 0 fully saturated rings. The van der Waals surface area contributed by atoms with Gasteiger partial charge in [-0.15, -0.1) is 0 Å². The summed E-state index contributed by atoms with van der Waals surface area (Å²) < 4.78 is 23.7. The molecule has 0 aliphatic rings. The van der Waals surface area contributed by atoms with Crippen LogP contribution in [-0.4, -0.2) is 29.6 Å². The molecule has 2 amide bonds. The third-order valence-electron chi connectivity index (χ3n) is 3.50. The average Bonchev–Trinajstić information content (AvgIpc) is 2.61. The quantitative estimate of drug-likeness (QED) is 0.564. The first kappa shape index (κ1) is 21.6. The molecule has 0 aliphatic heterocycles. The molecule has 154 valence electrons. The molecule has 0 aliphatic carbocycles. The fourth-order valence-electron chi connectivity index (χ4n) is 2.31. The summed E-state index contributed by atoms with van der Waals surface area (Å²) in [6.07, 6.45) is -0.792. The van der Waals surface area contributed by atoms with E-state index in [1.807, 2.05) is 0 Å². The molecule has 0 unspecified atom stereocenters. The van der Waals surface area contributed by atoms with Crippen LogP contribution < -0.4 is 15.4 Å². The summed E-state index contributed by atoms with van der Waals surface area (Å²) >= 11 is 0. The molecule has 0 aromatic heterocycles. The Bertz CT molecular complexity index is 955. The largest absolute Gasteiger partial charge is 0.490 e. The summed E-state index contributed by atoms with van der Waals surface area (Å²) in [4.78, 5) is 35.0. The van der Waals surface area contributed by atoms with Gasteiger partial charge in [-0.3, -0.25) is 20.2 Å². The van der Waals surface area contributed by atoms with E-state index in [0.717, 1.165) is 18.2 Å². The first-order chi connectivity index (χ1) is 13.5. The molecule has 0 radical (unpaired) electrons. The lowest BCUT2D eigenvalue weighted by atomic mass is 10.1. The number of carbonyl (C=O) groups is 2. The maximum atomic E-state index is 13.7. The number of methoxy groups -OCH3 is 1. The van der Waals surface area contributed by atoms with Crippen LogP contribution in [0, 0.1) is 15.9 Å². The molecular formula is C19H20FN3O6. The van der Waals surface area contributed by atoms with Crippen molar-refractivity contribution in [3.8, 4) is 5.75 Å². The van der Waals surface area contributed by atoms with Crippen molar-refractivity contribution in [3.05, 3.63) is 57.9 Å². The molecule has 2 aromatic carbocycles. The highest BCUT2D eigenvalue weighted by atomic mass is 19.1. The molecule has 0 atom stereocenters. The molecule has 0 spiro atoms. The number of nitrogens with one attached hydrogen (secondary N) is 2. The normalized spacial score (nSPS) is 10.8. The van der Waals surface area contributed by atoms with Gasteiger partial charge < -0.3 is 14.8 Å². The number of hydrogen-bond acceptors (Lipinski definition) is 6. The van der Waals surface area contributed by atoms with Gasteiger partial charge in [-0.1, -0.05) is 0 Å². The Balaban J connectivity index is 2.28. The minimum atomic E-state index is -0.792. The van der Waals surface area contributed by atoms with Crippen LogP contribution in [0.25, 0.3) is 0 Å². The Hall–Kier alpha value is -3.69. The number of nitrogens with zero attached hydrogens (tertiary/aromatic N) is 1. The molecule has 2 aromatic rings. The molecule has 0 heterocycles. The van der Waals surface area contributed by atoms with Crippen LogP contribution in [0.1, 0.15) is 31.1 Å². The Morgan fingerprint density at radius 2 is 1.76 bits per heavy atom. The number of carbonyl (C=O) groups excluding carboxylic acids is 2. The van der Waals surface area contributed by atoms with Gasteiger partial charge in [0, 0.05) is 11.6 Å². The Labute approximate surface area is 166 Å². The predicted molar refractivity (Wildman–Crippen MR) is 104 cm³/mol. The van der Waals surface area contributed by atoms with Crippen molar-refractivity contribution < 1.29 is 28.4 Å². The lowest BCUT2D eigenvalue weighted by Crippen LogP contribution is -2.27. The second kappa shape index (κ2) is 8.55. The fraction of sp³-hybridized carbons (Fsp3) is 0.263. The molecule has 0 saturated carbocycles. The lowest BCUT2D eigenvalue weighted by Gasteiger charge is -2.20. The SMILES string of the molecule is COc1ccc(C(=O)Nc2cc(F)ccc2NC(=O)OC(C)(C)C)cc1[N+](=O)[O-]. The minimum Gasteiger partial charge on any atom is -0.490 e. The smallest absolute Gasteiger partial charge is 0.412 e. The first-order valence-electron chi connectivity index (χ1n) is 8.43. The van der Waals surface area contributed by atoms with Crippen LogP contribution >= 0.6 is 0 Å². The van der Waals surface area contributed by atoms with Crippen LogP contribution in [0.4, 0.5) is 26.2 Å². The molecule has 10 heteroatoms. The molecule has 2 N–H and O–H groups in total. The van der Waals surface area contributed by atoms with Crippen LogP contribution in [0.5, 0.6) is 5.75 Å². The van der Waals surface area contributed by atoms with E-state index in [9.17, 15) is 24.1 Å². The van der Waals surface area contributed by atoms with Gasteiger partial charge in [-0.25, -0.2) is 9.18 Å². The minimum absolute atomic E-state index is 0.00964.